The van der Waals surface area contributed by atoms with Crippen LogP contribution in [0.3, 0.4) is 0 Å². The maximum atomic E-state index is 11.9. The van der Waals surface area contributed by atoms with Crippen molar-refractivity contribution in [1.29, 1.82) is 0 Å². The first kappa shape index (κ1) is 14.6. The van der Waals surface area contributed by atoms with Gasteiger partial charge in [0.15, 0.2) is 0 Å². The van der Waals surface area contributed by atoms with Gasteiger partial charge in [-0.25, -0.2) is 4.79 Å². The van der Waals surface area contributed by atoms with E-state index in [0.29, 0.717) is 6.54 Å². The molecule has 6 heteroatoms. The minimum atomic E-state index is -0.214. The Labute approximate surface area is 136 Å². The molecular weight excluding hydrogens is 344 g/mol. The summed E-state index contributed by atoms with van der Waals surface area (Å²) in [5.74, 6) is 0. The molecule has 0 aliphatic heterocycles. The maximum Gasteiger partial charge on any atom is 0.319 e. The molecule has 22 heavy (non-hydrogen) atoms. The standard InChI is InChI=1S/C16H15BrN4O/c17-13-3-1-2-11(8-13)6-7-18-16(22)20-14-5-4-12-10-19-21-15(12)9-14/h1-5,8-10H,6-7H2,(H,19,21)(H2,18,20,22). The zero-order chi connectivity index (χ0) is 15.4. The zero-order valence-electron chi connectivity index (χ0n) is 11.8. The number of hydrogen-bond acceptors (Lipinski definition) is 2. The lowest BCUT2D eigenvalue weighted by atomic mass is 10.1. The summed E-state index contributed by atoms with van der Waals surface area (Å²) >= 11 is 3.44. The van der Waals surface area contributed by atoms with Crippen molar-refractivity contribution in [3.8, 4) is 0 Å². The molecule has 5 nitrogen and oxygen atoms in total. The quantitative estimate of drug-likeness (QED) is 0.665. The molecule has 0 spiro atoms. The highest BCUT2D eigenvalue weighted by molar-refractivity contribution is 9.10. The van der Waals surface area contributed by atoms with Crippen LogP contribution in [0.1, 0.15) is 5.56 Å². The van der Waals surface area contributed by atoms with Gasteiger partial charge in [0.25, 0.3) is 0 Å². The molecular formula is C16H15BrN4O. The molecule has 3 aromatic rings. The molecule has 3 N–H and O–H groups in total. The molecule has 0 unspecified atom stereocenters. The van der Waals surface area contributed by atoms with E-state index in [1.54, 1.807) is 6.20 Å². The number of anilines is 1. The Bertz CT molecular complexity index is 799. The second-order valence-corrected chi connectivity index (χ2v) is 5.85. The van der Waals surface area contributed by atoms with E-state index in [-0.39, 0.29) is 6.03 Å². The van der Waals surface area contributed by atoms with Gasteiger partial charge in [-0.1, -0.05) is 28.1 Å². The average molecular weight is 359 g/mol. The van der Waals surface area contributed by atoms with Crippen molar-refractivity contribution in [2.75, 3.05) is 11.9 Å². The Morgan fingerprint density at radius 1 is 1.23 bits per heavy atom. The number of benzene rings is 2. The molecule has 112 valence electrons. The van der Waals surface area contributed by atoms with Crippen molar-refractivity contribution >= 4 is 38.6 Å². The number of fused-ring (bicyclic) bond motifs is 1. The Balaban J connectivity index is 1.51. The topological polar surface area (TPSA) is 69.8 Å². The number of halogens is 1. The van der Waals surface area contributed by atoms with E-state index >= 15 is 0 Å². The molecule has 3 rings (SSSR count). The van der Waals surface area contributed by atoms with E-state index < -0.39 is 0 Å². The molecule has 0 radical (unpaired) electrons. The van der Waals surface area contributed by atoms with Crippen molar-refractivity contribution < 1.29 is 4.79 Å². The van der Waals surface area contributed by atoms with E-state index in [1.807, 2.05) is 42.5 Å². The second-order valence-electron chi connectivity index (χ2n) is 4.93. The Morgan fingerprint density at radius 3 is 3.00 bits per heavy atom. The lowest BCUT2D eigenvalue weighted by molar-refractivity contribution is 0.252. The Morgan fingerprint density at radius 2 is 2.14 bits per heavy atom. The molecule has 2 amide bonds. The van der Waals surface area contributed by atoms with Gasteiger partial charge in [-0.15, -0.1) is 0 Å². The van der Waals surface area contributed by atoms with E-state index in [9.17, 15) is 4.79 Å². The average Bonchev–Trinajstić information content (AvgIpc) is 2.95. The van der Waals surface area contributed by atoms with Crippen LogP contribution in [0.25, 0.3) is 10.9 Å². The van der Waals surface area contributed by atoms with Crippen LogP contribution in [0.5, 0.6) is 0 Å². The van der Waals surface area contributed by atoms with Crippen molar-refractivity contribution in [2.24, 2.45) is 0 Å². The molecule has 0 saturated heterocycles. The molecule has 0 bridgehead atoms. The van der Waals surface area contributed by atoms with Gasteiger partial charge in [-0.2, -0.15) is 5.10 Å². The van der Waals surface area contributed by atoms with Crippen molar-refractivity contribution in [2.45, 2.75) is 6.42 Å². The predicted molar refractivity (Wildman–Crippen MR) is 91.0 cm³/mol. The Kier molecular flexibility index (Phi) is 4.39. The summed E-state index contributed by atoms with van der Waals surface area (Å²) in [7, 11) is 0. The van der Waals surface area contributed by atoms with Crippen LogP contribution < -0.4 is 10.6 Å². The molecule has 1 heterocycles. The number of nitrogens with zero attached hydrogens (tertiary/aromatic N) is 1. The van der Waals surface area contributed by atoms with Crippen LogP contribution in [-0.2, 0) is 6.42 Å². The summed E-state index contributed by atoms with van der Waals surface area (Å²) < 4.78 is 1.04. The van der Waals surface area contributed by atoms with Crippen LogP contribution in [0.15, 0.2) is 53.1 Å². The first-order valence-corrected chi connectivity index (χ1v) is 7.72. The highest BCUT2D eigenvalue weighted by Gasteiger charge is 2.03. The largest absolute Gasteiger partial charge is 0.338 e. The van der Waals surface area contributed by atoms with Crippen LogP contribution in [0.4, 0.5) is 10.5 Å². The van der Waals surface area contributed by atoms with Gasteiger partial charge in [0.1, 0.15) is 0 Å². The van der Waals surface area contributed by atoms with Gasteiger partial charge in [0.05, 0.1) is 11.7 Å². The molecule has 0 saturated carbocycles. The minimum absolute atomic E-state index is 0.214. The van der Waals surface area contributed by atoms with E-state index in [0.717, 1.165) is 27.5 Å². The number of rotatable bonds is 4. The smallest absolute Gasteiger partial charge is 0.319 e. The summed E-state index contributed by atoms with van der Waals surface area (Å²) in [6.45, 7) is 0.578. The number of H-pyrrole nitrogens is 1. The highest BCUT2D eigenvalue weighted by atomic mass is 79.9. The third-order valence-corrected chi connectivity index (χ3v) is 3.78. The fourth-order valence-corrected chi connectivity index (χ4v) is 2.65. The number of carbonyl (C=O) groups is 1. The van der Waals surface area contributed by atoms with Gasteiger partial charge in [-0.3, -0.25) is 5.10 Å². The first-order chi connectivity index (χ1) is 10.7. The van der Waals surface area contributed by atoms with Crippen molar-refractivity contribution in [1.82, 2.24) is 15.5 Å². The van der Waals surface area contributed by atoms with Gasteiger partial charge in [-0.05, 0) is 42.3 Å². The number of hydrogen-bond donors (Lipinski definition) is 3. The number of nitrogens with one attached hydrogen (secondary N) is 3. The summed E-state index contributed by atoms with van der Waals surface area (Å²) in [5.41, 5.74) is 2.80. The van der Waals surface area contributed by atoms with E-state index in [4.69, 9.17) is 0 Å². The number of urea groups is 1. The van der Waals surface area contributed by atoms with Gasteiger partial charge < -0.3 is 10.6 Å². The maximum absolute atomic E-state index is 11.9. The third-order valence-electron chi connectivity index (χ3n) is 3.29. The number of amides is 2. The lowest BCUT2D eigenvalue weighted by Crippen LogP contribution is -2.30. The second kappa shape index (κ2) is 6.62. The minimum Gasteiger partial charge on any atom is -0.338 e. The zero-order valence-corrected chi connectivity index (χ0v) is 13.4. The highest BCUT2D eigenvalue weighted by Crippen LogP contribution is 2.16. The van der Waals surface area contributed by atoms with Crippen LogP contribution in [0, 0.1) is 0 Å². The fraction of sp³-hybridized carbons (Fsp3) is 0.125. The van der Waals surface area contributed by atoms with Crippen molar-refractivity contribution in [3.05, 3.63) is 58.7 Å². The Hall–Kier alpha value is -2.34. The monoisotopic (exact) mass is 358 g/mol. The number of aromatic nitrogens is 2. The summed E-state index contributed by atoms with van der Waals surface area (Å²) in [6, 6.07) is 13.5. The molecule has 0 fully saturated rings. The van der Waals surface area contributed by atoms with Gasteiger partial charge >= 0.3 is 6.03 Å². The number of aromatic amines is 1. The first-order valence-electron chi connectivity index (χ1n) is 6.93. The van der Waals surface area contributed by atoms with Crippen molar-refractivity contribution in [3.63, 3.8) is 0 Å². The van der Waals surface area contributed by atoms with Crippen LogP contribution >= 0.6 is 15.9 Å². The third kappa shape index (κ3) is 3.65. The van der Waals surface area contributed by atoms with Gasteiger partial charge in [0.2, 0.25) is 0 Å². The SMILES string of the molecule is O=C(NCCc1cccc(Br)c1)Nc1ccc2cn[nH]c2c1. The van der Waals surface area contributed by atoms with E-state index in [2.05, 4.69) is 36.8 Å². The molecule has 0 atom stereocenters. The predicted octanol–water partition coefficient (Wildman–Crippen LogP) is 3.69. The molecule has 2 aromatic carbocycles. The molecule has 0 aliphatic rings. The summed E-state index contributed by atoms with van der Waals surface area (Å²) in [6.07, 6.45) is 2.53. The van der Waals surface area contributed by atoms with Crippen LogP contribution in [0.2, 0.25) is 0 Å². The van der Waals surface area contributed by atoms with Crippen LogP contribution in [-0.4, -0.2) is 22.8 Å². The lowest BCUT2D eigenvalue weighted by Gasteiger charge is -2.08. The fourth-order valence-electron chi connectivity index (χ4n) is 2.20. The normalized spacial score (nSPS) is 10.6. The number of carbonyl (C=O) groups excluding carboxylic acids is 1. The molecule has 1 aromatic heterocycles. The summed E-state index contributed by atoms with van der Waals surface area (Å²) in [5, 5.41) is 13.5. The van der Waals surface area contributed by atoms with E-state index in [1.165, 1.54) is 5.56 Å². The molecule has 0 aliphatic carbocycles. The van der Waals surface area contributed by atoms with Gasteiger partial charge in [0, 0.05) is 22.1 Å². The summed E-state index contributed by atoms with van der Waals surface area (Å²) in [4.78, 5) is 11.9.